The number of rotatable bonds is 6. The van der Waals surface area contributed by atoms with Gasteiger partial charge in [-0.3, -0.25) is 9.59 Å². The van der Waals surface area contributed by atoms with Crippen molar-refractivity contribution in [3.8, 4) is 5.75 Å². The first-order valence-electron chi connectivity index (χ1n) is 9.01. The second-order valence-electron chi connectivity index (χ2n) is 6.74. The van der Waals surface area contributed by atoms with E-state index in [-0.39, 0.29) is 23.7 Å². The van der Waals surface area contributed by atoms with E-state index >= 15 is 0 Å². The average molecular weight is 330 g/mol. The Balaban J connectivity index is 1.45. The molecule has 2 unspecified atom stereocenters. The monoisotopic (exact) mass is 330 g/mol. The van der Waals surface area contributed by atoms with Crippen LogP contribution in [-0.4, -0.2) is 24.5 Å². The predicted molar refractivity (Wildman–Crippen MR) is 92.9 cm³/mol. The predicted octanol–water partition coefficient (Wildman–Crippen LogP) is 3.11. The normalized spacial score (nSPS) is 23.4. The number of benzene rings is 1. The maximum Gasteiger partial charge on any atom is 0.228 e. The van der Waals surface area contributed by atoms with Gasteiger partial charge in [0.25, 0.3) is 0 Å². The van der Waals surface area contributed by atoms with Gasteiger partial charge in [-0.25, -0.2) is 0 Å². The third-order valence-electron chi connectivity index (χ3n) is 4.85. The summed E-state index contributed by atoms with van der Waals surface area (Å²) < 4.78 is 5.38. The molecule has 2 aliphatic rings. The summed E-state index contributed by atoms with van der Waals surface area (Å²) in [6.07, 6.45) is 6.45. The molecule has 0 saturated heterocycles. The lowest BCUT2D eigenvalue weighted by Gasteiger charge is -2.22. The molecule has 1 aromatic carbocycles. The van der Waals surface area contributed by atoms with Gasteiger partial charge in [0.15, 0.2) is 0 Å². The standard InChI is InChI=1S/C19H26N2O3/c1-2-24-15-10-8-14(9-11-15)21-19(23)17-12-16(17)18(22)20-13-6-4-3-5-7-13/h8-11,13,16-17H,2-7,12H2,1H3,(H,20,22)(H,21,23). The molecule has 0 radical (unpaired) electrons. The van der Waals surface area contributed by atoms with Crippen molar-refractivity contribution in [1.29, 1.82) is 0 Å². The number of carbonyl (C=O) groups excluding carboxylic acids is 2. The second-order valence-corrected chi connectivity index (χ2v) is 6.74. The van der Waals surface area contributed by atoms with E-state index in [1.54, 1.807) is 0 Å². The summed E-state index contributed by atoms with van der Waals surface area (Å²) in [4.78, 5) is 24.5. The van der Waals surface area contributed by atoms with Crippen LogP contribution in [0, 0.1) is 11.8 Å². The molecular weight excluding hydrogens is 304 g/mol. The van der Waals surface area contributed by atoms with Gasteiger partial charge in [-0.1, -0.05) is 19.3 Å². The van der Waals surface area contributed by atoms with Crippen LogP contribution < -0.4 is 15.4 Å². The first kappa shape index (κ1) is 16.8. The first-order valence-corrected chi connectivity index (χ1v) is 9.01. The highest BCUT2D eigenvalue weighted by Crippen LogP contribution is 2.40. The summed E-state index contributed by atoms with van der Waals surface area (Å²) in [5.41, 5.74) is 0.738. The number of hydrogen-bond donors (Lipinski definition) is 2. The van der Waals surface area contributed by atoms with Gasteiger partial charge in [-0.15, -0.1) is 0 Å². The number of hydrogen-bond acceptors (Lipinski definition) is 3. The molecule has 0 aliphatic heterocycles. The minimum absolute atomic E-state index is 0.0498. The van der Waals surface area contributed by atoms with E-state index in [0.29, 0.717) is 19.1 Å². The van der Waals surface area contributed by atoms with Crippen molar-refractivity contribution in [2.75, 3.05) is 11.9 Å². The van der Waals surface area contributed by atoms with Gasteiger partial charge in [0.05, 0.1) is 18.4 Å². The molecular formula is C19H26N2O3. The Morgan fingerprint density at radius 1 is 1.04 bits per heavy atom. The van der Waals surface area contributed by atoms with Crippen molar-refractivity contribution in [3.63, 3.8) is 0 Å². The molecule has 2 atom stereocenters. The Hall–Kier alpha value is -2.04. The van der Waals surface area contributed by atoms with Crippen LogP contribution >= 0.6 is 0 Å². The van der Waals surface area contributed by atoms with Crippen LogP contribution in [0.2, 0.25) is 0 Å². The third kappa shape index (κ3) is 4.28. The minimum atomic E-state index is -0.194. The summed E-state index contributed by atoms with van der Waals surface area (Å²) in [5.74, 6) is 0.415. The summed E-state index contributed by atoms with van der Waals surface area (Å²) in [5, 5.41) is 6.00. The molecule has 5 nitrogen and oxygen atoms in total. The molecule has 24 heavy (non-hydrogen) atoms. The quantitative estimate of drug-likeness (QED) is 0.842. The Kier molecular flexibility index (Phi) is 5.38. The van der Waals surface area contributed by atoms with E-state index in [4.69, 9.17) is 4.74 Å². The summed E-state index contributed by atoms with van der Waals surface area (Å²) in [7, 11) is 0. The molecule has 5 heteroatoms. The molecule has 0 heterocycles. The van der Waals surface area contributed by atoms with Crippen LogP contribution in [0.4, 0.5) is 5.69 Å². The van der Waals surface area contributed by atoms with E-state index in [1.165, 1.54) is 19.3 Å². The molecule has 0 bridgehead atoms. The SMILES string of the molecule is CCOc1ccc(NC(=O)C2CC2C(=O)NC2CCCCC2)cc1. The lowest BCUT2D eigenvalue weighted by atomic mass is 9.95. The molecule has 0 aromatic heterocycles. The van der Waals surface area contributed by atoms with Crippen molar-refractivity contribution in [2.24, 2.45) is 11.8 Å². The lowest BCUT2D eigenvalue weighted by molar-refractivity contribution is -0.126. The second kappa shape index (κ2) is 7.69. The topological polar surface area (TPSA) is 67.4 Å². The highest BCUT2D eigenvalue weighted by Gasteiger charge is 2.48. The Morgan fingerprint density at radius 2 is 1.71 bits per heavy atom. The van der Waals surface area contributed by atoms with Gasteiger partial charge in [-0.2, -0.15) is 0 Å². The maximum absolute atomic E-state index is 12.3. The Bertz CT molecular complexity index is 579. The molecule has 1 aromatic rings. The van der Waals surface area contributed by atoms with E-state index in [1.807, 2.05) is 31.2 Å². The molecule has 0 spiro atoms. The average Bonchev–Trinajstić information content (AvgIpc) is 3.39. The number of ether oxygens (including phenoxy) is 1. The summed E-state index contributed by atoms with van der Waals surface area (Å²) >= 11 is 0. The number of amides is 2. The zero-order valence-corrected chi connectivity index (χ0v) is 14.2. The molecule has 2 N–H and O–H groups in total. The number of anilines is 1. The lowest BCUT2D eigenvalue weighted by Crippen LogP contribution is -2.37. The first-order chi connectivity index (χ1) is 11.7. The largest absolute Gasteiger partial charge is 0.494 e. The van der Waals surface area contributed by atoms with Crippen LogP contribution in [0.1, 0.15) is 45.4 Å². The zero-order chi connectivity index (χ0) is 16.9. The highest BCUT2D eigenvalue weighted by molar-refractivity contribution is 5.99. The van der Waals surface area contributed by atoms with Gasteiger partial charge in [0.2, 0.25) is 11.8 Å². The van der Waals surface area contributed by atoms with Crippen LogP contribution in [0.3, 0.4) is 0 Å². The van der Waals surface area contributed by atoms with Gasteiger partial charge in [-0.05, 0) is 50.5 Å². The van der Waals surface area contributed by atoms with Gasteiger partial charge in [0, 0.05) is 11.7 Å². The third-order valence-corrected chi connectivity index (χ3v) is 4.85. The minimum Gasteiger partial charge on any atom is -0.494 e. The smallest absolute Gasteiger partial charge is 0.228 e. The van der Waals surface area contributed by atoms with Crippen LogP contribution in [0.5, 0.6) is 5.75 Å². The molecule has 3 rings (SSSR count). The fraction of sp³-hybridized carbons (Fsp3) is 0.579. The van der Waals surface area contributed by atoms with Gasteiger partial charge < -0.3 is 15.4 Å². The van der Waals surface area contributed by atoms with Crippen LogP contribution in [-0.2, 0) is 9.59 Å². The van der Waals surface area contributed by atoms with Crippen LogP contribution in [0.25, 0.3) is 0 Å². The van der Waals surface area contributed by atoms with Crippen molar-refractivity contribution in [3.05, 3.63) is 24.3 Å². The molecule has 130 valence electrons. The summed E-state index contributed by atoms with van der Waals surface area (Å²) in [6.45, 7) is 2.55. The Labute approximate surface area is 143 Å². The van der Waals surface area contributed by atoms with E-state index in [2.05, 4.69) is 10.6 Å². The summed E-state index contributed by atoms with van der Waals surface area (Å²) in [6, 6.07) is 7.62. The zero-order valence-electron chi connectivity index (χ0n) is 14.2. The van der Waals surface area contributed by atoms with Crippen LogP contribution in [0.15, 0.2) is 24.3 Å². The van der Waals surface area contributed by atoms with Gasteiger partial charge >= 0.3 is 0 Å². The van der Waals surface area contributed by atoms with Gasteiger partial charge in [0.1, 0.15) is 5.75 Å². The van der Waals surface area contributed by atoms with E-state index < -0.39 is 0 Å². The van der Waals surface area contributed by atoms with Crippen molar-refractivity contribution < 1.29 is 14.3 Å². The highest BCUT2D eigenvalue weighted by atomic mass is 16.5. The fourth-order valence-corrected chi connectivity index (χ4v) is 3.37. The van der Waals surface area contributed by atoms with Crippen molar-refractivity contribution in [1.82, 2.24) is 5.32 Å². The molecule has 2 fully saturated rings. The molecule has 2 aliphatic carbocycles. The van der Waals surface area contributed by atoms with E-state index in [0.717, 1.165) is 24.3 Å². The number of carbonyl (C=O) groups is 2. The number of nitrogens with one attached hydrogen (secondary N) is 2. The molecule has 2 amide bonds. The van der Waals surface area contributed by atoms with Crippen molar-refractivity contribution >= 4 is 17.5 Å². The fourth-order valence-electron chi connectivity index (χ4n) is 3.37. The maximum atomic E-state index is 12.3. The molecule has 2 saturated carbocycles. The van der Waals surface area contributed by atoms with E-state index in [9.17, 15) is 9.59 Å². The van der Waals surface area contributed by atoms with Crippen molar-refractivity contribution in [2.45, 2.75) is 51.5 Å². The Morgan fingerprint density at radius 3 is 2.38 bits per heavy atom.